The Morgan fingerprint density at radius 1 is 1.45 bits per heavy atom. The molecule has 1 aromatic carbocycles. The van der Waals surface area contributed by atoms with Crippen LogP contribution >= 0.6 is 15.9 Å². The van der Waals surface area contributed by atoms with E-state index in [0.717, 1.165) is 0 Å². The van der Waals surface area contributed by atoms with Crippen LogP contribution in [0.1, 0.15) is 5.56 Å². The number of nitrogens with zero attached hydrogens (tertiary/aromatic N) is 3. The van der Waals surface area contributed by atoms with E-state index in [4.69, 9.17) is 15.3 Å². The average molecular weight is 334 g/mol. The van der Waals surface area contributed by atoms with Crippen molar-refractivity contribution in [2.45, 2.75) is 0 Å². The monoisotopic (exact) mass is 333 g/mol. The van der Waals surface area contributed by atoms with Gasteiger partial charge in [-0.25, -0.2) is 0 Å². The topological polar surface area (TPSA) is 77.1 Å². The second-order valence-electron chi connectivity index (χ2n) is 4.01. The first-order chi connectivity index (χ1) is 9.49. The molecule has 0 bridgehead atoms. The molecular formula is C14H12BrN3O2. The summed E-state index contributed by atoms with van der Waals surface area (Å²) in [5.74, 6) is 0.176. The normalized spacial score (nSPS) is 10.3. The molecule has 0 atom stereocenters. The molecule has 1 aromatic rings. The Morgan fingerprint density at radius 3 is 2.65 bits per heavy atom. The number of hydrogen-bond acceptors (Lipinski definition) is 4. The maximum absolute atomic E-state index is 11.7. The summed E-state index contributed by atoms with van der Waals surface area (Å²) in [5, 5.41) is 17.5. The highest BCUT2D eigenvalue weighted by molar-refractivity contribution is 9.10. The molecule has 0 spiro atoms. The fraction of sp³-hybridized carbons (Fsp3) is 0.214. The minimum absolute atomic E-state index is 0.0453. The first-order valence-corrected chi connectivity index (χ1v) is 6.41. The quantitative estimate of drug-likeness (QED) is 0.625. The van der Waals surface area contributed by atoms with Gasteiger partial charge in [0.2, 0.25) is 0 Å². The number of hydrogen-bond donors (Lipinski definition) is 0. The minimum atomic E-state index is -0.353. The highest BCUT2D eigenvalue weighted by Gasteiger charge is 2.11. The van der Waals surface area contributed by atoms with Crippen molar-refractivity contribution >= 4 is 27.9 Å². The second kappa shape index (κ2) is 7.32. The van der Waals surface area contributed by atoms with Crippen molar-refractivity contribution in [2.24, 2.45) is 0 Å². The van der Waals surface area contributed by atoms with Crippen LogP contribution in [0.4, 0.5) is 0 Å². The van der Waals surface area contributed by atoms with Crippen LogP contribution in [0.5, 0.6) is 5.75 Å². The fourth-order valence-corrected chi connectivity index (χ4v) is 1.89. The number of carbonyl (C=O) groups excluding carboxylic acids is 1. The van der Waals surface area contributed by atoms with Gasteiger partial charge in [-0.2, -0.15) is 10.5 Å². The van der Waals surface area contributed by atoms with Crippen LogP contribution in [0.15, 0.2) is 28.2 Å². The lowest BCUT2D eigenvalue weighted by Crippen LogP contribution is -2.22. The number of rotatable bonds is 4. The molecule has 0 unspecified atom stereocenters. The van der Waals surface area contributed by atoms with Crippen molar-refractivity contribution in [1.29, 1.82) is 10.5 Å². The van der Waals surface area contributed by atoms with E-state index >= 15 is 0 Å². The number of ether oxygens (including phenoxy) is 1. The maximum atomic E-state index is 11.7. The van der Waals surface area contributed by atoms with Crippen LogP contribution in [-0.4, -0.2) is 31.5 Å². The molecule has 0 fully saturated rings. The van der Waals surface area contributed by atoms with Gasteiger partial charge in [0.25, 0.3) is 5.91 Å². The summed E-state index contributed by atoms with van der Waals surface area (Å²) in [6, 6.07) is 8.85. The molecule has 5 nitrogen and oxygen atoms in total. The average Bonchev–Trinajstić information content (AvgIpc) is 2.43. The lowest BCUT2D eigenvalue weighted by Gasteiger charge is -2.09. The summed E-state index contributed by atoms with van der Waals surface area (Å²) in [6.45, 7) is -0.0453. The Bertz CT molecular complexity index is 624. The maximum Gasteiger partial charge on any atom is 0.264 e. The highest BCUT2D eigenvalue weighted by atomic mass is 79.9. The van der Waals surface area contributed by atoms with Gasteiger partial charge < -0.3 is 9.64 Å². The van der Waals surface area contributed by atoms with Gasteiger partial charge in [0.15, 0.2) is 6.61 Å². The summed E-state index contributed by atoms with van der Waals surface area (Å²) in [6.07, 6.45) is 1.50. The SMILES string of the molecule is CN(C)C(=O)/C(C#N)=C\c1ccc(OCC#N)c(Br)c1. The number of nitriles is 2. The summed E-state index contributed by atoms with van der Waals surface area (Å²) in [5.41, 5.74) is 0.737. The first kappa shape index (κ1) is 15.7. The zero-order valence-corrected chi connectivity index (χ0v) is 12.6. The zero-order chi connectivity index (χ0) is 15.1. The first-order valence-electron chi connectivity index (χ1n) is 5.62. The third-order valence-electron chi connectivity index (χ3n) is 2.32. The Morgan fingerprint density at radius 2 is 2.15 bits per heavy atom. The number of amides is 1. The van der Waals surface area contributed by atoms with E-state index < -0.39 is 0 Å². The van der Waals surface area contributed by atoms with E-state index in [1.165, 1.54) is 11.0 Å². The van der Waals surface area contributed by atoms with Gasteiger partial charge in [0.1, 0.15) is 23.5 Å². The van der Waals surface area contributed by atoms with Gasteiger partial charge in [-0.05, 0) is 39.7 Å². The molecule has 0 aliphatic heterocycles. The minimum Gasteiger partial charge on any atom is -0.478 e. The smallest absolute Gasteiger partial charge is 0.264 e. The summed E-state index contributed by atoms with van der Waals surface area (Å²) < 4.78 is 5.84. The number of benzene rings is 1. The van der Waals surface area contributed by atoms with Gasteiger partial charge in [0, 0.05) is 14.1 Å². The molecule has 102 valence electrons. The predicted molar refractivity (Wildman–Crippen MR) is 77.5 cm³/mol. The van der Waals surface area contributed by atoms with Crippen molar-refractivity contribution in [3.8, 4) is 17.9 Å². The summed E-state index contributed by atoms with van der Waals surface area (Å²) in [7, 11) is 3.17. The molecule has 0 heterocycles. The fourth-order valence-electron chi connectivity index (χ4n) is 1.38. The standard InChI is InChI=1S/C14H12BrN3O2/c1-18(2)14(19)11(9-17)7-10-3-4-13(12(15)8-10)20-6-5-16/h3-4,7-8H,6H2,1-2H3/b11-7-. The molecular weight excluding hydrogens is 322 g/mol. The van der Waals surface area contributed by atoms with Gasteiger partial charge in [0.05, 0.1) is 4.47 Å². The molecule has 20 heavy (non-hydrogen) atoms. The molecule has 0 N–H and O–H groups in total. The van der Waals surface area contributed by atoms with Gasteiger partial charge >= 0.3 is 0 Å². The van der Waals surface area contributed by atoms with E-state index in [9.17, 15) is 4.79 Å². The van der Waals surface area contributed by atoms with Crippen LogP contribution < -0.4 is 4.74 Å². The van der Waals surface area contributed by atoms with Crippen molar-refractivity contribution in [1.82, 2.24) is 4.90 Å². The van der Waals surface area contributed by atoms with E-state index in [-0.39, 0.29) is 18.1 Å². The molecule has 0 radical (unpaired) electrons. The van der Waals surface area contributed by atoms with Gasteiger partial charge in [-0.1, -0.05) is 6.07 Å². The molecule has 6 heteroatoms. The predicted octanol–water partition coefficient (Wildman–Crippen LogP) is 2.35. The largest absolute Gasteiger partial charge is 0.478 e. The molecule has 0 saturated carbocycles. The second-order valence-corrected chi connectivity index (χ2v) is 4.86. The van der Waals surface area contributed by atoms with Gasteiger partial charge in [-0.15, -0.1) is 0 Å². The lowest BCUT2D eigenvalue weighted by molar-refractivity contribution is -0.124. The highest BCUT2D eigenvalue weighted by Crippen LogP contribution is 2.27. The van der Waals surface area contributed by atoms with Crippen LogP contribution in [0, 0.1) is 22.7 Å². The molecule has 0 aliphatic carbocycles. The van der Waals surface area contributed by atoms with Crippen molar-refractivity contribution in [3.05, 3.63) is 33.8 Å². The van der Waals surface area contributed by atoms with E-state index in [1.807, 2.05) is 12.1 Å². The lowest BCUT2D eigenvalue weighted by atomic mass is 10.1. The van der Waals surface area contributed by atoms with Gasteiger partial charge in [-0.3, -0.25) is 4.79 Å². The van der Waals surface area contributed by atoms with Crippen LogP contribution in [0.3, 0.4) is 0 Å². The Balaban J connectivity index is 3.04. The van der Waals surface area contributed by atoms with Crippen LogP contribution in [-0.2, 0) is 4.79 Å². The van der Waals surface area contributed by atoms with E-state index in [2.05, 4.69) is 15.9 Å². The van der Waals surface area contributed by atoms with Crippen LogP contribution in [0.2, 0.25) is 0 Å². The Kier molecular flexibility index (Phi) is 5.76. The summed E-state index contributed by atoms with van der Waals surface area (Å²) >= 11 is 3.31. The van der Waals surface area contributed by atoms with Crippen LogP contribution in [0.25, 0.3) is 6.08 Å². The Labute approximate surface area is 125 Å². The van der Waals surface area contributed by atoms with Crippen molar-refractivity contribution < 1.29 is 9.53 Å². The van der Waals surface area contributed by atoms with E-state index in [1.54, 1.807) is 32.3 Å². The molecule has 0 aliphatic rings. The zero-order valence-electron chi connectivity index (χ0n) is 11.1. The third-order valence-corrected chi connectivity index (χ3v) is 2.94. The molecule has 0 saturated heterocycles. The van der Waals surface area contributed by atoms with E-state index in [0.29, 0.717) is 15.8 Å². The molecule has 1 rings (SSSR count). The molecule has 1 amide bonds. The molecule has 0 aromatic heterocycles. The van der Waals surface area contributed by atoms with Crippen molar-refractivity contribution in [3.63, 3.8) is 0 Å². The third kappa shape index (κ3) is 4.11. The van der Waals surface area contributed by atoms with Crippen molar-refractivity contribution in [2.75, 3.05) is 20.7 Å². The number of carbonyl (C=O) groups is 1. The number of halogens is 1. The summed E-state index contributed by atoms with van der Waals surface area (Å²) in [4.78, 5) is 13.1. The Hall–Kier alpha value is -2.31. The number of likely N-dealkylation sites (N-methyl/N-ethyl adjacent to an activating group) is 1.